The maximum absolute atomic E-state index is 3.93. The summed E-state index contributed by atoms with van der Waals surface area (Å²) in [5.74, 6) is 0. The summed E-state index contributed by atoms with van der Waals surface area (Å²) in [6, 6.07) is 0.155. The Balaban J connectivity index is 0. The van der Waals surface area contributed by atoms with Crippen LogP contribution >= 0.6 is 0 Å². The molecule has 0 fully saturated rings. The van der Waals surface area contributed by atoms with Crippen molar-refractivity contribution in [2.75, 3.05) is 21.1 Å². The van der Waals surface area contributed by atoms with Crippen molar-refractivity contribution in [2.45, 2.75) is 18.6 Å². The standard InChI is InChI=1S/C7H18N3.Al.3H/c1-6(8-3)7(2,9-4)10-5;;;;/h6,8-10H,1H2,2-5H3;;;;. The summed E-state index contributed by atoms with van der Waals surface area (Å²) < 4.78 is 0. The molecular formula is C7H21AlN3. The molecule has 4 heteroatoms. The zero-order valence-electron chi connectivity index (χ0n) is 7.28. The lowest BCUT2D eigenvalue weighted by molar-refractivity contribution is 0.269. The van der Waals surface area contributed by atoms with Crippen LogP contribution in [0.3, 0.4) is 0 Å². The first-order valence-corrected chi connectivity index (χ1v) is 3.49. The monoisotopic (exact) mass is 174 g/mol. The van der Waals surface area contributed by atoms with E-state index in [1.807, 2.05) is 21.1 Å². The van der Waals surface area contributed by atoms with Crippen LogP contribution in [0.5, 0.6) is 0 Å². The van der Waals surface area contributed by atoms with E-state index >= 15 is 0 Å². The average molecular weight is 174 g/mol. The topological polar surface area (TPSA) is 36.1 Å². The molecule has 67 valence electrons. The molecule has 0 aromatic rings. The molecular weight excluding hydrogens is 153 g/mol. The number of hydrogen-bond donors (Lipinski definition) is 3. The fourth-order valence-corrected chi connectivity index (χ4v) is 0.762. The molecule has 0 aliphatic carbocycles. The highest BCUT2D eigenvalue weighted by molar-refractivity contribution is 5.75. The maximum Gasteiger partial charge on any atom is 0.187 e. The summed E-state index contributed by atoms with van der Waals surface area (Å²) in [6.07, 6.45) is 0. The second kappa shape index (κ2) is 5.99. The minimum absolute atomic E-state index is 0. The van der Waals surface area contributed by atoms with Crippen LogP contribution in [0.1, 0.15) is 6.92 Å². The number of hydrogen-bond acceptors (Lipinski definition) is 3. The van der Waals surface area contributed by atoms with Crippen molar-refractivity contribution in [1.82, 2.24) is 16.0 Å². The van der Waals surface area contributed by atoms with Gasteiger partial charge in [-0.25, -0.2) is 0 Å². The molecule has 1 radical (unpaired) electrons. The van der Waals surface area contributed by atoms with Gasteiger partial charge in [0, 0.05) is 6.04 Å². The molecule has 1 atom stereocenters. The fraction of sp³-hybridized carbons (Fsp3) is 0.857. The number of likely N-dealkylation sites (N-methyl/N-ethyl adjacent to an activating group) is 3. The molecule has 0 spiro atoms. The van der Waals surface area contributed by atoms with E-state index in [-0.39, 0.29) is 29.1 Å². The quantitative estimate of drug-likeness (QED) is 0.354. The van der Waals surface area contributed by atoms with Gasteiger partial charge in [-0.1, -0.05) is 0 Å². The van der Waals surface area contributed by atoms with E-state index in [0.717, 1.165) is 0 Å². The van der Waals surface area contributed by atoms with Crippen LogP contribution in [0, 0.1) is 6.92 Å². The second-order valence-electron chi connectivity index (χ2n) is 2.54. The largest absolute Gasteiger partial charge is 0.314 e. The third-order valence-electron chi connectivity index (χ3n) is 2.08. The Kier molecular flexibility index (Phi) is 7.60. The normalized spacial score (nSPS) is 13.9. The van der Waals surface area contributed by atoms with Crippen LogP contribution in [0.25, 0.3) is 0 Å². The van der Waals surface area contributed by atoms with Gasteiger partial charge in [-0.2, -0.15) is 0 Å². The van der Waals surface area contributed by atoms with Crippen molar-refractivity contribution in [3.8, 4) is 0 Å². The van der Waals surface area contributed by atoms with Crippen molar-refractivity contribution in [3.63, 3.8) is 0 Å². The Morgan fingerprint density at radius 3 is 1.64 bits per heavy atom. The Hall–Kier alpha value is 0.412. The first-order chi connectivity index (χ1) is 4.60. The molecule has 3 N–H and O–H groups in total. The lowest BCUT2D eigenvalue weighted by Gasteiger charge is -2.34. The first kappa shape index (κ1) is 14.0. The summed E-state index contributed by atoms with van der Waals surface area (Å²) >= 11 is 0. The summed E-state index contributed by atoms with van der Waals surface area (Å²) in [4.78, 5) is 0. The molecule has 11 heavy (non-hydrogen) atoms. The molecule has 0 amide bonds. The molecule has 0 aromatic carbocycles. The van der Waals surface area contributed by atoms with Crippen molar-refractivity contribution >= 4 is 17.4 Å². The Morgan fingerprint density at radius 2 is 1.55 bits per heavy atom. The molecule has 0 aliphatic rings. The molecule has 0 heterocycles. The fourth-order valence-electron chi connectivity index (χ4n) is 0.762. The Morgan fingerprint density at radius 1 is 1.18 bits per heavy atom. The molecule has 0 aromatic heterocycles. The smallest absolute Gasteiger partial charge is 0.187 e. The van der Waals surface area contributed by atoms with E-state index in [1.165, 1.54) is 0 Å². The summed E-state index contributed by atoms with van der Waals surface area (Å²) in [5.41, 5.74) is -0.130. The van der Waals surface area contributed by atoms with Crippen LogP contribution in [0.15, 0.2) is 0 Å². The van der Waals surface area contributed by atoms with Gasteiger partial charge < -0.3 is 16.0 Å². The van der Waals surface area contributed by atoms with Crippen LogP contribution in [-0.4, -0.2) is 50.2 Å². The van der Waals surface area contributed by atoms with Crippen molar-refractivity contribution in [2.24, 2.45) is 0 Å². The lowest BCUT2D eigenvalue weighted by Crippen LogP contribution is -2.62. The number of nitrogens with one attached hydrogen (secondary N) is 3. The van der Waals surface area contributed by atoms with Gasteiger partial charge in [-0.15, -0.1) is 0 Å². The summed E-state index contributed by atoms with van der Waals surface area (Å²) in [6.45, 7) is 5.99. The second-order valence-corrected chi connectivity index (χ2v) is 2.54. The van der Waals surface area contributed by atoms with Gasteiger partial charge >= 0.3 is 0 Å². The summed E-state index contributed by atoms with van der Waals surface area (Å²) in [5, 5.41) is 9.36. The van der Waals surface area contributed by atoms with Crippen molar-refractivity contribution in [1.29, 1.82) is 0 Å². The van der Waals surface area contributed by atoms with Crippen LogP contribution < -0.4 is 16.0 Å². The van der Waals surface area contributed by atoms with Gasteiger partial charge in [0.1, 0.15) is 0 Å². The van der Waals surface area contributed by atoms with Gasteiger partial charge in [0.25, 0.3) is 0 Å². The minimum atomic E-state index is -0.130. The van der Waals surface area contributed by atoms with E-state index in [9.17, 15) is 0 Å². The van der Waals surface area contributed by atoms with Gasteiger partial charge in [0.15, 0.2) is 17.4 Å². The third kappa shape index (κ3) is 3.55. The van der Waals surface area contributed by atoms with Crippen molar-refractivity contribution in [3.05, 3.63) is 6.92 Å². The lowest BCUT2D eigenvalue weighted by atomic mass is 10.1. The van der Waals surface area contributed by atoms with Crippen LogP contribution in [-0.2, 0) is 0 Å². The highest BCUT2D eigenvalue weighted by Crippen LogP contribution is 2.01. The van der Waals surface area contributed by atoms with Gasteiger partial charge in [-0.3, -0.25) is 0 Å². The molecule has 0 saturated heterocycles. The maximum atomic E-state index is 3.93. The van der Waals surface area contributed by atoms with Crippen molar-refractivity contribution < 1.29 is 0 Å². The number of rotatable bonds is 4. The molecule has 0 bridgehead atoms. The molecule has 0 saturated carbocycles. The predicted octanol–water partition coefficient (Wildman–Crippen LogP) is -1.62. The van der Waals surface area contributed by atoms with Crippen LogP contribution in [0.4, 0.5) is 0 Å². The van der Waals surface area contributed by atoms with Gasteiger partial charge in [0.2, 0.25) is 0 Å². The first-order valence-electron chi connectivity index (χ1n) is 3.49. The molecule has 0 rings (SSSR count). The highest BCUT2D eigenvalue weighted by Gasteiger charge is 2.25. The SMILES string of the molecule is [AlH3].[CH2]C(NC)C(C)(NC)NC. The van der Waals surface area contributed by atoms with Gasteiger partial charge in [0.05, 0.1) is 5.66 Å². The Labute approximate surface area is 80.5 Å². The van der Waals surface area contributed by atoms with Crippen LogP contribution in [0.2, 0.25) is 0 Å². The zero-order chi connectivity index (χ0) is 8.20. The van der Waals surface area contributed by atoms with E-state index in [1.54, 1.807) is 0 Å². The van der Waals surface area contributed by atoms with E-state index in [2.05, 4.69) is 29.8 Å². The van der Waals surface area contributed by atoms with Gasteiger partial charge in [-0.05, 0) is 35.0 Å². The van der Waals surface area contributed by atoms with E-state index < -0.39 is 0 Å². The van der Waals surface area contributed by atoms with E-state index in [4.69, 9.17) is 0 Å². The third-order valence-corrected chi connectivity index (χ3v) is 2.08. The minimum Gasteiger partial charge on any atom is -0.314 e. The Bertz CT molecular complexity index is 93.7. The molecule has 3 nitrogen and oxygen atoms in total. The zero-order valence-corrected chi connectivity index (χ0v) is 7.28. The molecule has 1 unspecified atom stereocenters. The average Bonchev–Trinajstić information content (AvgIpc) is 2.01. The molecule has 0 aliphatic heterocycles. The summed E-state index contributed by atoms with van der Waals surface area (Å²) in [7, 11) is 5.71. The van der Waals surface area contributed by atoms with E-state index in [0.29, 0.717) is 0 Å². The highest BCUT2D eigenvalue weighted by atomic mass is 27.0. The predicted molar refractivity (Wildman–Crippen MR) is 54.7 cm³/mol.